The van der Waals surface area contributed by atoms with Crippen molar-refractivity contribution in [2.24, 2.45) is 5.10 Å². The Morgan fingerprint density at radius 2 is 1.94 bits per heavy atom. The predicted octanol–water partition coefficient (Wildman–Crippen LogP) is 3.57. The van der Waals surface area contributed by atoms with Gasteiger partial charge in [-0.1, -0.05) is 11.6 Å². The first-order valence-corrected chi connectivity index (χ1v) is 11.4. The van der Waals surface area contributed by atoms with Crippen molar-refractivity contribution in [1.82, 2.24) is 15.0 Å². The van der Waals surface area contributed by atoms with Crippen LogP contribution in [0.1, 0.15) is 24.5 Å². The highest BCUT2D eigenvalue weighted by atomic mass is 35.5. The van der Waals surface area contributed by atoms with Crippen molar-refractivity contribution in [3.05, 3.63) is 53.1 Å². The van der Waals surface area contributed by atoms with Crippen molar-refractivity contribution in [3.8, 4) is 11.3 Å². The molecule has 1 aromatic heterocycles. The van der Waals surface area contributed by atoms with Crippen LogP contribution in [-0.2, 0) is 9.53 Å². The van der Waals surface area contributed by atoms with Gasteiger partial charge in [-0.2, -0.15) is 5.10 Å². The summed E-state index contributed by atoms with van der Waals surface area (Å²) in [5.74, 6) is -0.693. The average Bonchev–Trinajstić information content (AvgIpc) is 2.85. The molecule has 34 heavy (non-hydrogen) atoms. The number of halogens is 2. The lowest BCUT2D eigenvalue weighted by atomic mass is 9.96. The molecule has 1 N–H and O–H groups in total. The van der Waals surface area contributed by atoms with Crippen LogP contribution >= 0.6 is 11.6 Å². The number of rotatable bonds is 4. The number of aromatic nitrogens is 2. The van der Waals surface area contributed by atoms with Gasteiger partial charge in [0.2, 0.25) is 5.91 Å². The van der Waals surface area contributed by atoms with Crippen molar-refractivity contribution in [2.45, 2.75) is 18.9 Å². The highest BCUT2D eigenvalue weighted by Gasteiger charge is 2.26. The fraction of sp³-hybridized carbons (Fsp3) is 0.333. The lowest BCUT2D eigenvalue weighted by molar-refractivity contribution is -0.130. The maximum atomic E-state index is 15.1. The third-order valence-electron chi connectivity index (χ3n) is 6.18. The van der Waals surface area contributed by atoms with Crippen molar-refractivity contribution >= 4 is 39.8 Å². The van der Waals surface area contributed by atoms with E-state index >= 15 is 4.39 Å². The van der Waals surface area contributed by atoms with Crippen molar-refractivity contribution in [1.29, 1.82) is 0 Å². The first-order chi connectivity index (χ1) is 16.4. The van der Waals surface area contributed by atoms with E-state index in [1.807, 2.05) is 18.2 Å². The summed E-state index contributed by atoms with van der Waals surface area (Å²) in [6.45, 7) is 2.93. The van der Waals surface area contributed by atoms with Crippen LogP contribution in [0.5, 0.6) is 0 Å². The van der Waals surface area contributed by atoms with E-state index in [-0.39, 0.29) is 22.9 Å². The van der Waals surface area contributed by atoms with Gasteiger partial charge in [-0.15, -0.1) is 0 Å². The van der Waals surface area contributed by atoms with Crippen LogP contribution in [-0.4, -0.2) is 65.1 Å². The molecule has 5 rings (SSSR count). The molecule has 0 bridgehead atoms. The van der Waals surface area contributed by atoms with Gasteiger partial charge < -0.3 is 14.7 Å². The summed E-state index contributed by atoms with van der Waals surface area (Å²) in [5, 5.41) is 17.1. The molecule has 10 heteroatoms. The van der Waals surface area contributed by atoms with E-state index in [1.165, 1.54) is 30.5 Å². The number of aliphatic hydroxyl groups excluding tert-OH is 1. The van der Waals surface area contributed by atoms with E-state index in [0.29, 0.717) is 47.5 Å². The smallest absolute Gasteiger partial charge is 0.242 e. The zero-order chi connectivity index (χ0) is 23.8. The SMILES string of the molecule is CN1N=C(C(O)c2cc(-c3ncnc4cc(N5CCOCC5)ccc34)c(F)cc2Cl)CCC1=O. The molecule has 176 valence electrons. The van der Waals surface area contributed by atoms with Crippen molar-refractivity contribution in [3.63, 3.8) is 0 Å². The third kappa shape index (κ3) is 4.22. The minimum Gasteiger partial charge on any atom is -0.382 e. The summed E-state index contributed by atoms with van der Waals surface area (Å²) in [6.07, 6.45) is 0.758. The van der Waals surface area contributed by atoms with Gasteiger partial charge in [0.15, 0.2) is 0 Å². The Bertz CT molecular complexity index is 1300. The quantitative estimate of drug-likeness (QED) is 0.610. The van der Waals surface area contributed by atoms with Crippen molar-refractivity contribution < 1.29 is 19.0 Å². The second-order valence-corrected chi connectivity index (χ2v) is 8.70. The summed E-state index contributed by atoms with van der Waals surface area (Å²) in [5.41, 5.74) is 3.00. The molecule has 2 aliphatic heterocycles. The Kier molecular flexibility index (Phi) is 6.16. The van der Waals surface area contributed by atoms with Crippen LogP contribution < -0.4 is 4.90 Å². The second-order valence-electron chi connectivity index (χ2n) is 8.29. The lowest BCUT2D eigenvalue weighted by Crippen LogP contribution is -2.36. The lowest BCUT2D eigenvalue weighted by Gasteiger charge is -2.29. The Morgan fingerprint density at radius 1 is 1.15 bits per heavy atom. The molecule has 0 spiro atoms. The summed E-state index contributed by atoms with van der Waals surface area (Å²) >= 11 is 6.31. The number of hydrogen-bond acceptors (Lipinski definition) is 7. The number of morpholine rings is 1. The maximum absolute atomic E-state index is 15.1. The third-order valence-corrected chi connectivity index (χ3v) is 6.51. The molecule has 1 unspecified atom stereocenters. The summed E-state index contributed by atoms with van der Waals surface area (Å²) in [6, 6.07) is 8.47. The van der Waals surface area contributed by atoms with Crippen LogP contribution in [0.25, 0.3) is 22.2 Å². The summed E-state index contributed by atoms with van der Waals surface area (Å²) in [4.78, 5) is 22.7. The number of fused-ring (bicyclic) bond motifs is 1. The number of nitrogens with zero attached hydrogens (tertiary/aromatic N) is 5. The molecule has 0 saturated carbocycles. The number of ether oxygens (including phenoxy) is 1. The van der Waals surface area contributed by atoms with Crippen LogP contribution in [0.15, 0.2) is 41.8 Å². The molecule has 1 atom stereocenters. The average molecular weight is 484 g/mol. The van der Waals surface area contributed by atoms with Gasteiger partial charge in [0.1, 0.15) is 18.2 Å². The number of benzene rings is 2. The van der Waals surface area contributed by atoms with Gasteiger partial charge in [0, 0.05) is 53.8 Å². The number of amides is 1. The predicted molar refractivity (Wildman–Crippen MR) is 127 cm³/mol. The molecular weight excluding hydrogens is 461 g/mol. The van der Waals surface area contributed by atoms with Gasteiger partial charge in [-0.05, 0) is 36.8 Å². The standard InChI is InChI=1S/C24H23ClFN5O3/c1-30-22(32)5-4-20(29-30)24(33)16-11-17(19(26)12-18(16)25)23-15-3-2-14(10-21(15)27-13-28-23)31-6-8-34-9-7-31/h2-3,10-13,24,33H,4-9H2,1H3. The molecule has 2 aromatic carbocycles. The second kappa shape index (κ2) is 9.25. The Balaban J connectivity index is 1.55. The van der Waals surface area contributed by atoms with E-state index in [2.05, 4.69) is 20.0 Å². The Morgan fingerprint density at radius 3 is 2.71 bits per heavy atom. The highest BCUT2D eigenvalue weighted by Crippen LogP contribution is 2.36. The van der Waals surface area contributed by atoms with Crippen LogP contribution in [0.2, 0.25) is 5.02 Å². The van der Waals surface area contributed by atoms with E-state index in [4.69, 9.17) is 16.3 Å². The van der Waals surface area contributed by atoms with Crippen LogP contribution in [0.4, 0.5) is 10.1 Å². The monoisotopic (exact) mass is 483 g/mol. The number of carbonyl (C=O) groups excluding carboxylic acids is 1. The van der Waals surface area contributed by atoms with E-state index in [1.54, 1.807) is 0 Å². The van der Waals surface area contributed by atoms with Crippen LogP contribution in [0.3, 0.4) is 0 Å². The Hall–Kier alpha value is -3.14. The van der Waals surface area contributed by atoms with Gasteiger partial charge in [0.25, 0.3) is 0 Å². The fourth-order valence-corrected chi connectivity index (χ4v) is 4.55. The summed E-state index contributed by atoms with van der Waals surface area (Å²) in [7, 11) is 1.53. The molecule has 1 saturated heterocycles. The van der Waals surface area contributed by atoms with Gasteiger partial charge in [-0.25, -0.2) is 19.4 Å². The first kappa shape index (κ1) is 22.6. The molecule has 3 aromatic rings. The molecular formula is C24H23ClFN5O3. The fourth-order valence-electron chi connectivity index (χ4n) is 4.30. The number of aliphatic hydroxyl groups is 1. The minimum absolute atomic E-state index is 0.0731. The topological polar surface area (TPSA) is 91.2 Å². The van der Waals surface area contributed by atoms with E-state index in [0.717, 1.165) is 18.8 Å². The normalized spacial score (nSPS) is 17.8. The molecule has 2 aliphatic rings. The van der Waals surface area contributed by atoms with Gasteiger partial charge >= 0.3 is 0 Å². The summed E-state index contributed by atoms with van der Waals surface area (Å²) < 4.78 is 20.5. The molecule has 1 fully saturated rings. The minimum atomic E-state index is -1.18. The highest BCUT2D eigenvalue weighted by molar-refractivity contribution is 6.31. The van der Waals surface area contributed by atoms with Gasteiger partial charge in [0.05, 0.1) is 30.1 Å². The zero-order valence-corrected chi connectivity index (χ0v) is 19.3. The number of hydrogen-bond donors (Lipinski definition) is 1. The Labute approximate surface area is 200 Å². The number of hydrazone groups is 1. The van der Waals surface area contributed by atoms with Gasteiger partial charge in [-0.3, -0.25) is 4.79 Å². The molecule has 3 heterocycles. The maximum Gasteiger partial charge on any atom is 0.242 e. The molecule has 8 nitrogen and oxygen atoms in total. The van der Waals surface area contributed by atoms with Crippen molar-refractivity contribution in [2.75, 3.05) is 38.3 Å². The molecule has 0 aliphatic carbocycles. The van der Waals surface area contributed by atoms with E-state index in [9.17, 15) is 9.90 Å². The number of anilines is 1. The number of carbonyl (C=O) groups is 1. The molecule has 1 amide bonds. The first-order valence-electron chi connectivity index (χ1n) is 11.0. The van der Waals surface area contributed by atoms with Crippen LogP contribution in [0, 0.1) is 5.82 Å². The van der Waals surface area contributed by atoms with E-state index < -0.39 is 11.9 Å². The largest absolute Gasteiger partial charge is 0.382 e. The zero-order valence-electron chi connectivity index (χ0n) is 18.5. The molecule has 0 radical (unpaired) electrons.